The fourth-order valence-corrected chi connectivity index (χ4v) is 3.88. The molecule has 0 saturated carbocycles. The van der Waals surface area contributed by atoms with E-state index in [1.165, 1.54) is 34.9 Å². The second-order valence-corrected chi connectivity index (χ2v) is 10.7. The molecule has 0 aromatic rings. The highest BCUT2D eigenvalue weighted by atomic mass is 16.2. The largest absolute Gasteiger partial charge is 0.354 e. The monoisotopic (exact) mass is 814 g/mol. The SMILES string of the molecule is C.C.C.C.C.C.C.C.C.CCC(=O)NC[C@@H]1NC(=O)[C@@H](C)NC(=O)[C@H](CNC(=O)CNC)NC(=O)[C@@H](C)NC(=O)[C@H](CNC(=O)CNC)NC(=O)[C@@H](C)NC1=O. The van der Waals surface area contributed by atoms with Crippen molar-refractivity contribution in [1.29, 1.82) is 0 Å². The first-order valence-corrected chi connectivity index (χ1v) is 15.0. The average molecular weight is 814 g/mol. The van der Waals surface area contributed by atoms with Crippen molar-refractivity contribution in [3.05, 3.63) is 0 Å². The Labute approximate surface area is 338 Å². The fourth-order valence-electron chi connectivity index (χ4n) is 3.88. The van der Waals surface area contributed by atoms with Crippen LogP contribution in [0.15, 0.2) is 0 Å². The Morgan fingerprint density at radius 3 is 0.875 bits per heavy atom. The van der Waals surface area contributed by atoms with E-state index < -0.39 is 103 Å². The number of carbonyl (C=O) groups excluding carboxylic acids is 9. The van der Waals surface area contributed by atoms with E-state index in [0.717, 1.165) is 0 Å². The Morgan fingerprint density at radius 1 is 0.429 bits per heavy atom. The van der Waals surface area contributed by atoms with E-state index in [1.807, 2.05) is 0 Å². The molecule has 1 saturated heterocycles. The molecule has 0 aliphatic carbocycles. The summed E-state index contributed by atoms with van der Waals surface area (Å²) in [6.45, 7) is 4.14. The lowest BCUT2D eigenvalue weighted by Gasteiger charge is -2.27. The molecule has 20 nitrogen and oxygen atoms in total. The number of hydrogen-bond acceptors (Lipinski definition) is 11. The van der Waals surface area contributed by atoms with Crippen molar-refractivity contribution in [3.8, 4) is 0 Å². The third kappa shape index (κ3) is 26.0. The van der Waals surface area contributed by atoms with Gasteiger partial charge in [0.25, 0.3) is 0 Å². The van der Waals surface area contributed by atoms with Crippen LogP contribution in [0.1, 0.15) is 101 Å². The standard InChI is InChI=1S/C27H47N11O9.9CH4/c1-7-19(39)30-8-16-25(45)33-14(3)23(43)37-18(10-32-21(41)12-29-6)27(47)35-15(4)24(44)38-17(9-31-20(40)11-28-5)26(46)34-13(2)22(42)36-16;;;;;;;;;/h13-18,28-29H,7-12H2,1-6H3,(H,30,39)(H,31,40)(H,32,41)(H,33,45)(H,34,46)(H,35,47)(H,36,42)(H,37,43)(H,38,44);9*1H4/t13-,14-,15-,16+,17+,18+;;;;;;;;;/m1........./s1. The first-order valence-electron chi connectivity index (χ1n) is 15.0. The first-order chi connectivity index (χ1) is 22.1. The Balaban J connectivity index is -0.000000351. The molecule has 11 N–H and O–H groups in total. The van der Waals surface area contributed by atoms with E-state index in [0.29, 0.717) is 0 Å². The van der Waals surface area contributed by atoms with E-state index in [4.69, 9.17) is 0 Å². The minimum absolute atomic E-state index is 0. The molecule has 0 radical (unpaired) electrons. The summed E-state index contributed by atoms with van der Waals surface area (Å²) in [5.41, 5.74) is 0. The van der Waals surface area contributed by atoms with Gasteiger partial charge in [-0.05, 0) is 34.9 Å². The van der Waals surface area contributed by atoms with Gasteiger partial charge in [-0.3, -0.25) is 43.2 Å². The molecule has 0 aromatic carbocycles. The summed E-state index contributed by atoms with van der Waals surface area (Å²) in [4.78, 5) is 115. The molecule has 0 unspecified atom stereocenters. The van der Waals surface area contributed by atoms with Gasteiger partial charge in [-0.2, -0.15) is 0 Å². The van der Waals surface area contributed by atoms with Gasteiger partial charge >= 0.3 is 0 Å². The zero-order chi connectivity index (χ0) is 35.7. The lowest BCUT2D eigenvalue weighted by molar-refractivity contribution is -0.136. The molecule has 1 heterocycles. The first kappa shape index (κ1) is 72.4. The van der Waals surface area contributed by atoms with Crippen molar-refractivity contribution in [2.24, 2.45) is 0 Å². The molecule has 56 heavy (non-hydrogen) atoms. The maximum absolute atomic E-state index is 13.2. The maximum Gasteiger partial charge on any atom is 0.245 e. The van der Waals surface area contributed by atoms with Crippen LogP contribution in [0.25, 0.3) is 0 Å². The smallest absolute Gasteiger partial charge is 0.245 e. The second kappa shape index (κ2) is 37.1. The highest BCUT2D eigenvalue weighted by Crippen LogP contribution is 1.97. The third-order valence-corrected chi connectivity index (χ3v) is 6.66. The molecule has 1 fully saturated rings. The summed E-state index contributed by atoms with van der Waals surface area (Å²) >= 11 is 0. The van der Waals surface area contributed by atoms with Crippen LogP contribution in [0.3, 0.4) is 0 Å². The van der Waals surface area contributed by atoms with Crippen LogP contribution in [0.4, 0.5) is 0 Å². The molecule has 20 heteroatoms. The Morgan fingerprint density at radius 2 is 0.661 bits per heavy atom. The van der Waals surface area contributed by atoms with Crippen molar-refractivity contribution < 1.29 is 43.2 Å². The van der Waals surface area contributed by atoms with Crippen LogP contribution in [0.2, 0.25) is 0 Å². The maximum atomic E-state index is 13.2. The quantitative estimate of drug-likeness (QED) is 0.119. The zero-order valence-electron chi connectivity index (χ0n) is 27.4. The minimum Gasteiger partial charge on any atom is -0.354 e. The molecule has 0 bridgehead atoms. The summed E-state index contributed by atoms with van der Waals surface area (Å²) in [6.07, 6.45) is 0.0818. The molecular formula is C36H83N11O9. The predicted octanol–water partition coefficient (Wildman–Crippen LogP) is -1.11. The summed E-state index contributed by atoms with van der Waals surface area (Å²) in [6, 6.07) is -8.07. The molecule has 336 valence electrons. The van der Waals surface area contributed by atoms with E-state index in [1.54, 1.807) is 6.92 Å². The average Bonchev–Trinajstić information content (AvgIpc) is 3.01. The van der Waals surface area contributed by atoms with Crippen LogP contribution in [0.5, 0.6) is 0 Å². The normalized spacial score (nSPS) is 20.9. The number of hydrogen-bond donors (Lipinski definition) is 11. The lowest BCUT2D eigenvalue weighted by Crippen LogP contribution is -2.63. The zero-order valence-corrected chi connectivity index (χ0v) is 27.4. The number of likely N-dealkylation sites (N-methyl/N-ethyl adjacent to an activating group) is 2. The van der Waals surface area contributed by atoms with Crippen molar-refractivity contribution in [1.82, 2.24) is 58.5 Å². The molecule has 9 amide bonds. The summed E-state index contributed by atoms with van der Waals surface area (Å²) in [5.74, 6) is -6.60. The summed E-state index contributed by atoms with van der Waals surface area (Å²) in [7, 11) is 3.05. The van der Waals surface area contributed by atoms with Crippen LogP contribution >= 0.6 is 0 Å². The fraction of sp³-hybridized carbons (Fsp3) is 0.750. The van der Waals surface area contributed by atoms with Gasteiger partial charge in [0.2, 0.25) is 53.2 Å². The van der Waals surface area contributed by atoms with Crippen LogP contribution in [-0.2, 0) is 43.2 Å². The van der Waals surface area contributed by atoms with E-state index >= 15 is 0 Å². The molecule has 0 spiro atoms. The number of carbonyl (C=O) groups is 9. The van der Waals surface area contributed by atoms with E-state index in [-0.39, 0.29) is 92.9 Å². The summed E-state index contributed by atoms with van der Waals surface area (Å²) < 4.78 is 0. The number of nitrogens with one attached hydrogen (secondary N) is 11. The van der Waals surface area contributed by atoms with Gasteiger partial charge in [0.15, 0.2) is 0 Å². The van der Waals surface area contributed by atoms with Gasteiger partial charge in [-0.25, -0.2) is 0 Å². The Kier molecular flexibility index (Phi) is 48.0. The molecule has 6 atom stereocenters. The predicted molar refractivity (Wildman–Crippen MR) is 226 cm³/mol. The van der Waals surface area contributed by atoms with Crippen LogP contribution in [0, 0.1) is 0 Å². The van der Waals surface area contributed by atoms with Gasteiger partial charge < -0.3 is 58.5 Å². The van der Waals surface area contributed by atoms with Gasteiger partial charge in [0.1, 0.15) is 36.3 Å². The van der Waals surface area contributed by atoms with Crippen molar-refractivity contribution in [2.75, 3.05) is 46.8 Å². The molecule has 1 rings (SSSR count). The van der Waals surface area contributed by atoms with Gasteiger partial charge in [0, 0.05) is 26.1 Å². The van der Waals surface area contributed by atoms with Gasteiger partial charge in [-0.15, -0.1) is 0 Å². The Hall–Kier alpha value is -4.85. The molecule has 1 aliphatic rings. The molecule has 1 aliphatic heterocycles. The van der Waals surface area contributed by atoms with Gasteiger partial charge in [0.05, 0.1) is 13.1 Å². The minimum atomic E-state index is -1.42. The number of rotatable bonds is 11. The van der Waals surface area contributed by atoms with Crippen LogP contribution < -0.4 is 58.5 Å². The van der Waals surface area contributed by atoms with Crippen molar-refractivity contribution in [2.45, 2.75) is 137 Å². The highest BCUT2D eigenvalue weighted by Gasteiger charge is 2.32. The van der Waals surface area contributed by atoms with Crippen LogP contribution in [-0.4, -0.2) is 136 Å². The lowest BCUT2D eigenvalue weighted by atomic mass is 10.1. The van der Waals surface area contributed by atoms with Crippen molar-refractivity contribution >= 4 is 53.2 Å². The van der Waals surface area contributed by atoms with E-state index in [9.17, 15) is 43.2 Å². The second-order valence-electron chi connectivity index (χ2n) is 10.7. The third-order valence-electron chi connectivity index (χ3n) is 6.66. The molecular weight excluding hydrogens is 730 g/mol. The Bertz CT molecular complexity index is 1170. The van der Waals surface area contributed by atoms with Crippen molar-refractivity contribution in [3.63, 3.8) is 0 Å². The molecule has 0 aromatic heterocycles. The summed E-state index contributed by atoms with van der Waals surface area (Å²) in [5, 5.41) is 27.2. The topological polar surface area (TPSA) is 286 Å². The highest BCUT2D eigenvalue weighted by molar-refractivity contribution is 5.98. The number of amides is 9. The van der Waals surface area contributed by atoms with Gasteiger partial charge in [-0.1, -0.05) is 73.8 Å². The van der Waals surface area contributed by atoms with E-state index in [2.05, 4.69) is 58.5 Å².